The number of hydrogen-bond donors (Lipinski definition) is 2. The van der Waals surface area contributed by atoms with Crippen molar-refractivity contribution in [3.63, 3.8) is 0 Å². The summed E-state index contributed by atoms with van der Waals surface area (Å²) in [5.74, 6) is -1.29. The van der Waals surface area contributed by atoms with Crippen LogP contribution in [0.4, 0.5) is 18.9 Å². The van der Waals surface area contributed by atoms with E-state index in [0.717, 1.165) is 0 Å². The summed E-state index contributed by atoms with van der Waals surface area (Å²) >= 11 is 0. The Morgan fingerprint density at radius 1 is 1.25 bits per heavy atom. The second kappa shape index (κ2) is 4.13. The van der Waals surface area contributed by atoms with Gasteiger partial charge in [0.05, 0.1) is 0 Å². The average Bonchev–Trinajstić information content (AvgIpc) is 2.17. The first-order valence-electron chi connectivity index (χ1n) is 4.47. The molecule has 1 atom stereocenters. The average molecular weight is 232 g/mol. The number of halogens is 3. The molecule has 1 aromatic rings. The molecule has 1 rings (SSSR count). The van der Waals surface area contributed by atoms with Crippen molar-refractivity contribution < 1.29 is 18.0 Å². The third-order valence-corrected chi connectivity index (χ3v) is 2.09. The highest BCUT2D eigenvalue weighted by molar-refractivity contribution is 5.98. The Morgan fingerprint density at radius 3 is 2.19 bits per heavy atom. The number of para-hydroxylation sites is 1. The SMILES string of the molecule is C[C@@](N)(C(=O)Nc1ccccc1)C(F)(F)F. The maximum Gasteiger partial charge on any atom is 0.415 e. The van der Waals surface area contributed by atoms with Crippen LogP contribution in [0, 0.1) is 0 Å². The summed E-state index contributed by atoms with van der Waals surface area (Å²) < 4.78 is 37.2. The van der Waals surface area contributed by atoms with E-state index < -0.39 is 17.6 Å². The van der Waals surface area contributed by atoms with Crippen molar-refractivity contribution in [1.82, 2.24) is 0 Å². The van der Waals surface area contributed by atoms with Crippen molar-refractivity contribution in [3.05, 3.63) is 30.3 Å². The molecule has 0 unspecified atom stereocenters. The third-order valence-electron chi connectivity index (χ3n) is 2.09. The zero-order valence-electron chi connectivity index (χ0n) is 8.51. The van der Waals surface area contributed by atoms with E-state index in [2.05, 4.69) is 5.32 Å². The molecule has 0 aliphatic heterocycles. The Bertz CT molecular complexity index is 373. The molecule has 1 aromatic carbocycles. The Morgan fingerprint density at radius 2 is 1.75 bits per heavy atom. The Kier molecular flexibility index (Phi) is 3.23. The quantitative estimate of drug-likeness (QED) is 0.818. The molecular formula is C10H11F3N2O. The van der Waals surface area contributed by atoms with Gasteiger partial charge in [0.15, 0.2) is 5.54 Å². The number of anilines is 1. The summed E-state index contributed by atoms with van der Waals surface area (Å²) in [5.41, 5.74) is 2.32. The van der Waals surface area contributed by atoms with E-state index in [9.17, 15) is 18.0 Å². The third kappa shape index (κ3) is 2.52. The molecule has 0 spiro atoms. The highest BCUT2D eigenvalue weighted by atomic mass is 19.4. The number of nitrogens with one attached hydrogen (secondary N) is 1. The zero-order valence-corrected chi connectivity index (χ0v) is 8.51. The lowest BCUT2D eigenvalue weighted by atomic mass is 10.0. The molecule has 88 valence electrons. The predicted octanol–water partition coefficient (Wildman–Crippen LogP) is 1.90. The first kappa shape index (κ1) is 12.5. The summed E-state index contributed by atoms with van der Waals surface area (Å²) in [6, 6.07) is 7.82. The van der Waals surface area contributed by atoms with Crippen molar-refractivity contribution in [1.29, 1.82) is 0 Å². The summed E-state index contributed by atoms with van der Waals surface area (Å²) in [6.07, 6.45) is -4.79. The standard InChI is InChI=1S/C10H11F3N2O/c1-9(14,10(11,12)13)8(16)15-7-5-3-2-4-6-7/h2-6H,14H2,1H3,(H,15,16)/t9-/m1/s1. The fraction of sp³-hybridized carbons (Fsp3) is 0.300. The van der Waals surface area contributed by atoms with E-state index in [4.69, 9.17) is 5.73 Å². The molecule has 0 saturated heterocycles. The fourth-order valence-corrected chi connectivity index (χ4v) is 0.911. The lowest BCUT2D eigenvalue weighted by Gasteiger charge is -2.26. The van der Waals surface area contributed by atoms with Crippen LogP contribution in [-0.4, -0.2) is 17.6 Å². The summed E-state index contributed by atoms with van der Waals surface area (Å²) in [6.45, 7) is 0.630. The van der Waals surface area contributed by atoms with Crippen LogP contribution in [0.1, 0.15) is 6.92 Å². The second-order valence-corrected chi connectivity index (χ2v) is 3.52. The molecule has 0 aliphatic carbocycles. The maximum atomic E-state index is 12.4. The van der Waals surface area contributed by atoms with Crippen molar-refractivity contribution in [2.45, 2.75) is 18.6 Å². The van der Waals surface area contributed by atoms with Crippen molar-refractivity contribution in [3.8, 4) is 0 Å². The minimum atomic E-state index is -4.79. The number of benzene rings is 1. The van der Waals surface area contributed by atoms with Crippen LogP contribution < -0.4 is 11.1 Å². The number of amides is 1. The highest BCUT2D eigenvalue weighted by Gasteiger charge is 2.53. The van der Waals surface area contributed by atoms with Gasteiger partial charge in [0.25, 0.3) is 5.91 Å². The minimum Gasteiger partial charge on any atom is -0.324 e. The molecule has 3 nitrogen and oxygen atoms in total. The van der Waals surface area contributed by atoms with Crippen LogP contribution in [0.25, 0.3) is 0 Å². The van der Waals surface area contributed by atoms with Crippen LogP contribution >= 0.6 is 0 Å². The van der Waals surface area contributed by atoms with E-state index in [1.54, 1.807) is 18.2 Å². The molecule has 0 fully saturated rings. The van der Waals surface area contributed by atoms with Gasteiger partial charge < -0.3 is 11.1 Å². The van der Waals surface area contributed by atoms with E-state index >= 15 is 0 Å². The van der Waals surface area contributed by atoms with Crippen LogP contribution in [0.5, 0.6) is 0 Å². The number of nitrogens with two attached hydrogens (primary N) is 1. The Balaban J connectivity index is 2.81. The van der Waals surface area contributed by atoms with Gasteiger partial charge in [-0.1, -0.05) is 18.2 Å². The molecule has 0 heterocycles. The van der Waals surface area contributed by atoms with E-state index in [0.29, 0.717) is 6.92 Å². The smallest absolute Gasteiger partial charge is 0.324 e. The highest BCUT2D eigenvalue weighted by Crippen LogP contribution is 2.28. The molecule has 16 heavy (non-hydrogen) atoms. The maximum absolute atomic E-state index is 12.4. The lowest BCUT2D eigenvalue weighted by molar-refractivity contribution is -0.184. The van der Waals surface area contributed by atoms with Gasteiger partial charge in [0, 0.05) is 5.69 Å². The normalized spacial score (nSPS) is 15.3. The topological polar surface area (TPSA) is 55.1 Å². The van der Waals surface area contributed by atoms with Gasteiger partial charge in [-0.15, -0.1) is 0 Å². The van der Waals surface area contributed by atoms with Gasteiger partial charge >= 0.3 is 6.18 Å². The van der Waals surface area contributed by atoms with Crippen LogP contribution in [-0.2, 0) is 4.79 Å². The Labute approximate surface area is 90.4 Å². The molecule has 3 N–H and O–H groups in total. The first-order chi connectivity index (χ1) is 7.25. The van der Waals surface area contributed by atoms with Crippen LogP contribution in [0.3, 0.4) is 0 Å². The zero-order chi connectivity index (χ0) is 12.4. The van der Waals surface area contributed by atoms with Crippen LogP contribution in [0.2, 0.25) is 0 Å². The number of hydrogen-bond acceptors (Lipinski definition) is 2. The van der Waals surface area contributed by atoms with Crippen molar-refractivity contribution in [2.75, 3.05) is 5.32 Å². The van der Waals surface area contributed by atoms with Gasteiger partial charge in [-0.25, -0.2) is 0 Å². The van der Waals surface area contributed by atoms with Gasteiger partial charge in [-0.05, 0) is 19.1 Å². The monoisotopic (exact) mass is 232 g/mol. The summed E-state index contributed by atoms with van der Waals surface area (Å²) in [4.78, 5) is 11.3. The Hall–Kier alpha value is -1.56. The summed E-state index contributed by atoms with van der Waals surface area (Å²) in [5, 5.41) is 2.10. The van der Waals surface area contributed by atoms with E-state index in [1.807, 2.05) is 0 Å². The molecule has 0 radical (unpaired) electrons. The van der Waals surface area contributed by atoms with Crippen LogP contribution in [0.15, 0.2) is 30.3 Å². The van der Waals surface area contributed by atoms with Gasteiger partial charge in [-0.3, -0.25) is 4.79 Å². The predicted molar refractivity (Wildman–Crippen MR) is 53.7 cm³/mol. The van der Waals surface area contributed by atoms with E-state index in [1.165, 1.54) is 12.1 Å². The van der Waals surface area contributed by atoms with Crippen molar-refractivity contribution in [2.24, 2.45) is 5.73 Å². The number of rotatable bonds is 2. The largest absolute Gasteiger partial charge is 0.415 e. The molecule has 6 heteroatoms. The molecular weight excluding hydrogens is 221 g/mol. The van der Waals surface area contributed by atoms with Gasteiger partial charge in [0.2, 0.25) is 0 Å². The molecule has 0 saturated carbocycles. The fourth-order valence-electron chi connectivity index (χ4n) is 0.911. The van der Waals surface area contributed by atoms with E-state index in [-0.39, 0.29) is 5.69 Å². The van der Waals surface area contributed by atoms with Gasteiger partial charge in [0.1, 0.15) is 0 Å². The number of alkyl halides is 3. The minimum absolute atomic E-state index is 0.272. The molecule has 0 aliphatic rings. The second-order valence-electron chi connectivity index (χ2n) is 3.52. The number of carbonyl (C=O) groups is 1. The first-order valence-corrected chi connectivity index (χ1v) is 4.47. The lowest BCUT2D eigenvalue weighted by Crippen LogP contribution is -2.59. The molecule has 0 aromatic heterocycles. The molecule has 1 amide bonds. The number of carbonyl (C=O) groups excluding carboxylic acids is 1. The van der Waals surface area contributed by atoms with Gasteiger partial charge in [-0.2, -0.15) is 13.2 Å². The van der Waals surface area contributed by atoms with Crippen molar-refractivity contribution >= 4 is 11.6 Å². The molecule has 0 bridgehead atoms. The summed E-state index contributed by atoms with van der Waals surface area (Å²) in [7, 11) is 0.